The fraction of sp³-hybridized carbons (Fsp3) is 0.545. The van der Waals surface area contributed by atoms with Crippen molar-refractivity contribution in [3.05, 3.63) is 41.2 Å². The SMILES string of the molecule is CC.CCCCCc1cc(O[CH-]O)c(C2C=C(C)CCC2)c(O)c1C(=O)O.[Rb+]. The third-order valence-electron chi connectivity index (χ3n) is 4.77. The minimum Gasteiger partial charge on any atom is -0.635 e. The van der Waals surface area contributed by atoms with Gasteiger partial charge in [0.15, 0.2) is 0 Å². The smallest absolute Gasteiger partial charge is 0.635 e. The van der Waals surface area contributed by atoms with Crippen LogP contribution in [-0.2, 0) is 6.42 Å². The molecule has 0 aromatic heterocycles. The summed E-state index contributed by atoms with van der Waals surface area (Å²) in [5.41, 5.74) is 2.14. The summed E-state index contributed by atoms with van der Waals surface area (Å²) < 4.78 is 5.24. The number of phenols is 1. The molecule has 1 aliphatic rings. The van der Waals surface area contributed by atoms with E-state index >= 15 is 0 Å². The van der Waals surface area contributed by atoms with Crippen LogP contribution in [0.15, 0.2) is 17.7 Å². The summed E-state index contributed by atoms with van der Waals surface area (Å²) in [6.45, 7) is 8.68. The number of aryl methyl sites for hydroxylation is 1. The molecule has 0 saturated carbocycles. The molecule has 0 saturated heterocycles. The monoisotopic (exact) mass is 462 g/mol. The first-order chi connectivity index (χ1) is 13.0. The van der Waals surface area contributed by atoms with Crippen LogP contribution in [-0.4, -0.2) is 21.3 Å². The van der Waals surface area contributed by atoms with E-state index in [4.69, 9.17) is 9.84 Å². The van der Waals surface area contributed by atoms with Gasteiger partial charge in [0, 0.05) is 11.5 Å². The van der Waals surface area contributed by atoms with Gasteiger partial charge in [0.1, 0.15) is 11.3 Å². The van der Waals surface area contributed by atoms with Crippen molar-refractivity contribution in [1.29, 1.82) is 0 Å². The van der Waals surface area contributed by atoms with Crippen LogP contribution in [0, 0.1) is 6.79 Å². The standard InChI is InChI=1S/C20H27O5.C2H6.Rb/c1-3-4-5-8-15-11-16(25-12-21)17(19(22)18(15)20(23)24)14-9-6-7-13(2)10-14;1-2;/h10-12,14,21-22H,3-9H2,1-2H3,(H,23,24);1-2H3;/q-1;;+1. The van der Waals surface area contributed by atoms with Crippen molar-refractivity contribution < 1.29 is 83.0 Å². The summed E-state index contributed by atoms with van der Waals surface area (Å²) in [5.74, 6) is -1.17. The zero-order chi connectivity index (χ0) is 20.4. The number of ether oxygens (including phenoxy) is 1. The van der Waals surface area contributed by atoms with Gasteiger partial charge in [-0.25, -0.2) is 4.79 Å². The summed E-state index contributed by atoms with van der Waals surface area (Å²) in [5, 5.41) is 29.5. The Labute approximate surface area is 218 Å². The Balaban J connectivity index is 0.00000235. The number of unbranched alkanes of at least 4 members (excludes halogenated alkanes) is 2. The fourth-order valence-electron chi connectivity index (χ4n) is 3.56. The van der Waals surface area contributed by atoms with Crippen molar-refractivity contribution in [2.24, 2.45) is 0 Å². The van der Waals surface area contributed by atoms with Crippen molar-refractivity contribution in [3.63, 3.8) is 0 Å². The van der Waals surface area contributed by atoms with Gasteiger partial charge in [0.2, 0.25) is 0 Å². The number of carbonyl (C=O) groups is 1. The van der Waals surface area contributed by atoms with E-state index in [0.29, 0.717) is 30.1 Å². The van der Waals surface area contributed by atoms with E-state index in [1.165, 1.54) is 5.57 Å². The number of carboxylic acids is 1. The predicted octanol–water partition coefficient (Wildman–Crippen LogP) is 2.94. The van der Waals surface area contributed by atoms with Gasteiger partial charge in [-0.15, -0.1) is 0 Å². The number of aromatic carboxylic acids is 1. The van der Waals surface area contributed by atoms with Gasteiger partial charge in [-0.3, -0.25) is 0 Å². The van der Waals surface area contributed by atoms with Crippen molar-refractivity contribution in [3.8, 4) is 11.5 Å². The Morgan fingerprint density at radius 2 is 2.00 bits per heavy atom. The topological polar surface area (TPSA) is 87.0 Å². The molecule has 1 aliphatic carbocycles. The number of allylic oxidation sites excluding steroid dienone is 2. The van der Waals surface area contributed by atoms with E-state index in [0.717, 1.165) is 38.5 Å². The number of carboxylic acid groups (broad SMARTS) is 1. The molecule has 6 heteroatoms. The summed E-state index contributed by atoms with van der Waals surface area (Å²) >= 11 is 0. The minimum absolute atomic E-state index is 0. The average Bonchev–Trinajstić information content (AvgIpc) is 2.63. The van der Waals surface area contributed by atoms with Crippen LogP contribution in [0.4, 0.5) is 0 Å². The number of aliphatic hydroxyl groups excluding tert-OH is 1. The molecule has 0 heterocycles. The molecule has 0 aliphatic heterocycles. The third kappa shape index (κ3) is 7.56. The van der Waals surface area contributed by atoms with Crippen molar-refractivity contribution in [2.75, 3.05) is 0 Å². The van der Waals surface area contributed by atoms with E-state index in [2.05, 4.69) is 6.92 Å². The first-order valence-electron chi connectivity index (χ1n) is 9.91. The van der Waals surface area contributed by atoms with Crippen LogP contribution < -0.4 is 62.9 Å². The average molecular weight is 463 g/mol. The first kappa shape index (κ1) is 27.8. The number of aliphatic hydroxyl groups is 1. The Bertz CT molecular complexity index is 655. The van der Waals surface area contributed by atoms with Crippen molar-refractivity contribution in [2.45, 2.75) is 78.6 Å². The Morgan fingerprint density at radius 1 is 1.32 bits per heavy atom. The second-order valence-corrected chi connectivity index (χ2v) is 6.67. The number of aromatic hydroxyl groups is 1. The largest absolute Gasteiger partial charge is 1.00 e. The molecule has 0 bridgehead atoms. The molecule has 1 aromatic carbocycles. The van der Waals surface area contributed by atoms with Gasteiger partial charge >= 0.3 is 64.2 Å². The third-order valence-corrected chi connectivity index (χ3v) is 4.77. The molecule has 1 aromatic rings. The van der Waals surface area contributed by atoms with E-state index in [-0.39, 0.29) is 75.4 Å². The minimum atomic E-state index is -1.14. The van der Waals surface area contributed by atoms with Gasteiger partial charge in [-0.2, -0.15) is 0 Å². The molecule has 0 spiro atoms. The molecule has 0 amide bonds. The Kier molecular flexibility index (Phi) is 14.6. The number of hydrogen-bond donors (Lipinski definition) is 3. The van der Waals surface area contributed by atoms with Crippen LogP contribution in [0.2, 0.25) is 0 Å². The van der Waals surface area contributed by atoms with Gasteiger partial charge in [-0.05, 0) is 57.5 Å². The molecule has 1 unspecified atom stereocenters. The van der Waals surface area contributed by atoms with E-state index < -0.39 is 5.97 Å². The van der Waals surface area contributed by atoms with Gasteiger partial charge in [-0.1, -0.05) is 45.3 Å². The maximum absolute atomic E-state index is 11.8. The number of benzene rings is 1. The van der Waals surface area contributed by atoms with Crippen molar-refractivity contribution >= 4 is 5.97 Å². The summed E-state index contributed by atoms with van der Waals surface area (Å²) in [4.78, 5) is 11.8. The Hall–Kier alpha value is -0.205. The second kappa shape index (κ2) is 14.7. The molecular formula is C22H33O5Rb. The van der Waals surface area contributed by atoms with E-state index in [1.54, 1.807) is 6.07 Å². The zero-order valence-corrected chi connectivity index (χ0v) is 22.8. The zero-order valence-electron chi connectivity index (χ0n) is 17.9. The van der Waals surface area contributed by atoms with Crippen LogP contribution in [0.1, 0.15) is 93.6 Å². The van der Waals surface area contributed by atoms with Gasteiger partial charge in [0.05, 0.1) is 5.75 Å². The normalized spacial score (nSPS) is 15.6. The van der Waals surface area contributed by atoms with Gasteiger partial charge < -0.3 is 20.1 Å². The molecule has 152 valence electrons. The predicted molar refractivity (Wildman–Crippen MR) is 107 cm³/mol. The molecule has 5 nitrogen and oxygen atoms in total. The molecule has 0 fully saturated rings. The summed E-state index contributed by atoms with van der Waals surface area (Å²) in [6.07, 6.45) is 8.20. The fourth-order valence-corrected chi connectivity index (χ4v) is 3.56. The molecule has 2 rings (SSSR count). The van der Waals surface area contributed by atoms with E-state index in [9.17, 15) is 15.0 Å². The molecule has 0 radical (unpaired) electrons. The Morgan fingerprint density at radius 3 is 2.54 bits per heavy atom. The maximum Gasteiger partial charge on any atom is 1.00 e. The first-order valence-corrected chi connectivity index (χ1v) is 9.91. The molecule has 3 N–H and O–H groups in total. The van der Waals surface area contributed by atoms with Crippen LogP contribution in [0.3, 0.4) is 0 Å². The van der Waals surface area contributed by atoms with Gasteiger partial charge in [0.25, 0.3) is 0 Å². The van der Waals surface area contributed by atoms with Crippen molar-refractivity contribution in [1.82, 2.24) is 0 Å². The molecular weight excluding hydrogens is 430 g/mol. The van der Waals surface area contributed by atoms with Crippen LogP contribution in [0.25, 0.3) is 0 Å². The van der Waals surface area contributed by atoms with Crippen LogP contribution >= 0.6 is 0 Å². The quantitative estimate of drug-likeness (QED) is 0.314. The number of rotatable bonds is 8. The molecule has 1 atom stereocenters. The number of hydrogen-bond acceptors (Lipinski definition) is 4. The molecule has 28 heavy (non-hydrogen) atoms. The maximum atomic E-state index is 11.8. The summed E-state index contributed by atoms with van der Waals surface area (Å²) in [6, 6.07) is 1.65. The second-order valence-electron chi connectivity index (χ2n) is 6.67. The van der Waals surface area contributed by atoms with Crippen LogP contribution in [0.5, 0.6) is 11.5 Å². The van der Waals surface area contributed by atoms with E-state index in [1.807, 2.05) is 26.8 Å². The summed E-state index contributed by atoms with van der Waals surface area (Å²) in [7, 11) is 0.